The maximum absolute atomic E-state index is 11.6. The third kappa shape index (κ3) is 5.53. The fourth-order valence-corrected chi connectivity index (χ4v) is 2.85. The van der Waals surface area contributed by atoms with Crippen LogP contribution in [0.1, 0.15) is 12.6 Å². The van der Waals surface area contributed by atoms with Crippen LogP contribution in [-0.2, 0) is 30.8 Å². The number of nitrogens with one attached hydrogen (secondary N) is 2. The number of carbonyl (C=O) groups excluding carboxylic acids is 2. The summed E-state index contributed by atoms with van der Waals surface area (Å²) in [6, 6.07) is -0.750. The molecule has 1 rings (SSSR count). The Morgan fingerprint density at radius 2 is 2.15 bits per heavy atom. The molecule has 8 nitrogen and oxygen atoms in total. The number of hydrogen-bond acceptors (Lipinski definition) is 7. The van der Waals surface area contributed by atoms with E-state index in [4.69, 9.17) is 0 Å². The molecule has 1 atom stereocenters. The zero-order chi connectivity index (χ0) is 15.3. The Balaban J connectivity index is 2.57. The number of anilines is 1. The van der Waals surface area contributed by atoms with Gasteiger partial charge in [0.25, 0.3) is 0 Å². The second-order valence-electron chi connectivity index (χ2n) is 4.01. The van der Waals surface area contributed by atoms with Crippen LogP contribution in [0.5, 0.6) is 0 Å². The molecule has 1 aromatic rings. The van der Waals surface area contributed by atoms with Crippen LogP contribution in [0.2, 0.25) is 0 Å². The van der Waals surface area contributed by atoms with Crippen molar-refractivity contribution in [3.8, 4) is 0 Å². The summed E-state index contributed by atoms with van der Waals surface area (Å²) in [5.41, 5.74) is 0.413. The average Bonchev–Trinajstić information content (AvgIpc) is 2.72. The Morgan fingerprint density at radius 3 is 2.70 bits per heavy atom. The molecular weight excluding hydrogens is 306 g/mol. The second-order valence-corrected chi connectivity index (χ2v) is 6.61. The Morgan fingerprint density at radius 1 is 1.50 bits per heavy atom. The van der Waals surface area contributed by atoms with Gasteiger partial charge in [-0.2, -0.15) is 0 Å². The van der Waals surface area contributed by atoms with Gasteiger partial charge in [0, 0.05) is 5.38 Å². The van der Waals surface area contributed by atoms with Gasteiger partial charge >= 0.3 is 5.97 Å². The lowest BCUT2D eigenvalue weighted by atomic mass is 10.3. The summed E-state index contributed by atoms with van der Waals surface area (Å²) in [5.74, 6) is -0.949. The van der Waals surface area contributed by atoms with Crippen LogP contribution in [0.15, 0.2) is 5.38 Å². The van der Waals surface area contributed by atoms with E-state index >= 15 is 0 Å². The number of thiazole rings is 1. The smallest absolute Gasteiger partial charge is 0.328 e. The van der Waals surface area contributed by atoms with Gasteiger partial charge in [-0.25, -0.2) is 18.2 Å². The molecule has 0 saturated carbocycles. The first-order valence-corrected chi connectivity index (χ1v) is 8.27. The highest BCUT2D eigenvalue weighted by Gasteiger charge is 2.17. The number of carbonyl (C=O) groups is 2. The summed E-state index contributed by atoms with van der Waals surface area (Å²) in [4.78, 5) is 26.7. The summed E-state index contributed by atoms with van der Waals surface area (Å²) < 4.78 is 28.7. The number of nitrogens with zero attached hydrogens (tertiary/aromatic N) is 1. The fourth-order valence-electron chi connectivity index (χ4n) is 1.29. The fraction of sp³-hybridized carbons (Fsp3) is 0.500. The molecule has 1 heterocycles. The van der Waals surface area contributed by atoms with Gasteiger partial charge in [0.15, 0.2) is 5.13 Å². The Kier molecular flexibility index (Phi) is 5.45. The van der Waals surface area contributed by atoms with Gasteiger partial charge in [-0.1, -0.05) is 0 Å². The van der Waals surface area contributed by atoms with Crippen molar-refractivity contribution in [2.24, 2.45) is 0 Å². The predicted octanol–water partition coefficient (Wildman–Crippen LogP) is -0.265. The Bertz CT molecular complexity index is 596. The number of amides is 1. The lowest BCUT2D eigenvalue weighted by Crippen LogP contribution is -2.39. The van der Waals surface area contributed by atoms with Crippen molar-refractivity contribution in [1.29, 1.82) is 0 Å². The predicted molar refractivity (Wildman–Crippen MR) is 73.9 cm³/mol. The monoisotopic (exact) mass is 321 g/mol. The molecule has 0 aromatic carbocycles. The maximum atomic E-state index is 11.6. The van der Waals surface area contributed by atoms with Crippen LogP contribution in [-0.4, -0.2) is 44.7 Å². The van der Waals surface area contributed by atoms with E-state index in [1.165, 1.54) is 14.0 Å². The number of sulfonamides is 1. The normalized spacial score (nSPS) is 12.6. The van der Waals surface area contributed by atoms with E-state index in [1.807, 2.05) is 0 Å². The zero-order valence-corrected chi connectivity index (χ0v) is 12.8. The molecule has 1 aromatic heterocycles. The molecule has 0 spiro atoms. The summed E-state index contributed by atoms with van der Waals surface area (Å²) in [5, 5.41) is 4.21. The third-order valence-corrected chi connectivity index (χ3v) is 3.60. The first-order chi connectivity index (χ1) is 9.21. The minimum Gasteiger partial charge on any atom is -0.467 e. The number of ether oxygens (including phenoxy) is 1. The lowest BCUT2D eigenvalue weighted by Gasteiger charge is -2.10. The van der Waals surface area contributed by atoms with Crippen molar-refractivity contribution in [2.45, 2.75) is 19.4 Å². The van der Waals surface area contributed by atoms with E-state index in [-0.39, 0.29) is 11.6 Å². The molecule has 0 saturated heterocycles. The van der Waals surface area contributed by atoms with Crippen LogP contribution in [0, 0.1) is 0 Å². The third-order valence-electron chi connectivity index (χ3n) is 2.10. The molecule has 0 aliphatic heterocycles. The van der Waals surface area contributed by atoms with E-state index in [0.29, 0.717) is 5.69 Å². The van der Waals surface area contributed by atoms with Gasteiger partial charge in [-0.15, -0.1) is 11.3 Å². The Labute approximate surface area is 120 Å². The van der Waals surface area contributed by atoms with Crippen molar-refractivity contribution in [1.82, 2.24) is 10.3 Å². The van der Waals surface area contributed by atoms with Crippen molar-refractivity contribution in [3.05, 3.63) is 11.1 Å². The summed E-state index contributed by atoms with van der Waals surface area (Å²) >= 11 is 1.08. The SMILES string of the molecule is COC(=O)C(C)NC(=O)Cc1csc(NS(C)(=O)=O)n1. The largest absolute Gasteiger partial charge is 0.467 e. The highest BCUT2D eigenvalue weighted by molar-refractivity contribution is 7.92. The highest BCUT2D eigenvalue weighted by atomic mass is 32.2. The van der Waals surface area contributed by atoms with Crippen LogP contribution in [0.3, 0.4) is 0 Å². The van der Waals surface area contributed by atoms with Crippen molar-refractivity contribution in [3.63, 3.8) is 0 Å². The van der Waals surface area contributed by atoms with Crippen LogP contribution in [0.25, 0.3) is 0 Å². The molecule has 1 unspecified atom stereocenters. The van der Waals surface area contributed by atoms with Gasteiger partial charge in [0.1, 0.15) is 6.04 Å². The van der Waals surface area contributed by atoms with Gasteiger partial charge in [0.2, 0.25) is 15.9 Å². The standard InChI is InChI=1S/C10H15N3O5S2/c1-6(9(15)18-2)11-8(14)4-7-5-19-10(12-7)13-20(3,16)17/h5-6H,4H2,1-3H3,(H,11,14)(H,12,13). The molecule has 112 valence electrons. The number of hydrogen-bond donors (Lipinski definition) is 2. The van der Waals surface area contributed by atoms with E-state index in [9.17, 15) is 18.0 Å². The van der Waals surface area contributed by atoms with Crippen LogP contribution in [0.4, 0.5) is 5.13 Å². The van der Waals surface area contributed by atoms with E-state index in [2.05, 4.69) is 19.8 Å². The Hall–Kier alpha value is -1.68. The van der Waals surface area contributed by atoms with Crippen molar-refractivity contribution in [2.75, 3.05) is 18.1 Å². The van der Waals surface area contributed by atoms with Gasteiger partial charge < -0.3 is 10.1 Å². The van der Waals surface area contributed by atoms with E-state index < -0.39 is 27.9 Å². The minimum absolute atomic E-state index is 0.0523. The van der Waals surface area contributed by atoms with Gasteiger partial charge in [-0.3, -0.25) is 9.52 Å². The lowest BCUT2D eigenvalue weighted by molar-refractivity contribution is -0.144. The van der Waals surface area contributed by atoms with Gasteiger partial charge in [-0.05, 0) is 6.92 Å². The minimum atomic E-state index is -3.39. The highest BCUT2D eigenvalue weighted by Crippen LogP contribution is 2.16. The molecule has 20 heavy (non-hydrogen) atoms. The summed E-state index contributed by atoms with van der Waals surface area (Å²) in [6.45, 7) is 1.50. The molecule has 10 heteroatoms. The molecule has 1 amide bonds. The summed E-state index contributed by atoms with van der Waals surface area (Å²) in [7, 11) is -2.16. The molecule has 0 aliphatic rings. The molecule has 0 aliphatic carbocycles. The first kappa shape index (κ1) is 16.4. The quantitative estimate of drug-likeness (QED) is 0.697. The number of rotatable bonds is 6. The second kappa shape index (κ2) is 6.66. The number of esters is 1. The van der Waals surface area contributed by atoms with E-state index in [1.54, 1.807) is 5.38 Å². The summed E-state index contributed by atoms with van der Waals surface area (Å²) in [6.07, 6.45) is 0.960. The number of aromatic nitrogens is 1. The molecule has 2 N–H and O–H groups in total. The molecule has 0 bridgehead atoms. The first-order valence-electron chi connectivity index (χ1n) is 5.50. The zero-order valence-electron chi connectivity index (χ0n) is 11.2. The average molecular weight is 321 g/mol. The van der Waals surface area contributed by atoms with E-state index in [0.717, 1.165) is 17.6 Å². The van der Waals surface area contributed by atoms with Crippen molar-refractivity contribution < 1.29 is 22.7 Å². The van der Waals surface area contributed by atoms with Crippen molar-refractivity contribution >= 4 is 38.4 Å². The molecular formula is C10H15N3O5S2. The van der Waals surface area contributed by atoms with Gasteiger partial charge in [0.05, 0.1) is 25.5 Å². The van der Waals surface area contributed by atoms with Crippen LogP contribution < -0.4 is 10.0 Å². The molecule has 0 radical (unpaired) electrons. The molecule has 0 fully saturated rings. The number of methoxy groups -OCH3 is 1. The van der Waals surface area contributed by atoms with Crippen LogP contribution >= 0.6 is 11.3 Å². The maximum Gasteiger partial charge on any atom is 0.328 e. The topological polar surface area (TPSA) is 114 Å².